The van der Waals surface area contributed by atoms with E-state index in [-0.39, 0.29) is 18.4 Å². The average Bonchev–Trinajstić information content (AvgIpc) is 2.82. The van der Waals surface area contributed by atoms with E-state index in [4.69, 9.17) is 4.42 Å². The molecule has 2 heterocycles. The van der Waals surface area contributed by atoms with Gasteiger partial charge in [0.05, 0.1) is 18.4 Å². The third-order valence-corrected chi connectivity index (χ3v) is 2.67. The van der Waals surface area contributed by atoms with Gasteiger partial charge in [-0.1, -0.05) is 6.07 Å². The molecule has 0 aliphatic carbocycles. The molecule has 0 fully saturated rings. The van der Waals surface area contributed by atoms with E-state index in [2.05, 4.69) is 15.6 Å². The lowest BCUT2D eigenvalue weighted by Gasteiger charge is -2.06. The zero-order chi connectivity index (χ0) is 14.5. The first kappa shape index (κ1) is 13.8. The molecule has 6 nitrogen and oxygen atoms in total. The van der Waals surface area contributed by atoms with Gasteiger partial charge >= 0.3 is 0 Å². The molecule has 2 aromatic rings. The average molecular weight is 273 g/mol. The molecule has 0 radical (unpaired) electrons. The molecule has 2 amide bonds. The van der Waals surface area contributed by atoms with Gasteiger partial charge < -0.3 is 15.1 Å². The molecule has 2 aromatic heterocycles. The molecule has 6 heteroatoms. The van der Waals surface area contributed by atoms with Gasteiger partial charge in [0.25, 0.3) is 5.91 Å². The molecule has 2 rings (SSSR count). The fourth-order valence-corrected chi connectivity index (χ4v) is 1.68. The Morgan fingerprint density at radius 3 is 2.70 bits per heavy atom. The summed E-state index contributed by atoms with van der Waals surface area (Å²) >= 11 is 0. The third-order valence-electron chi connectivity index (χ3n) is 2.67. The number of carbonyl (C=O) groups is 2. The molecule has 0 unspecified atom stereocenters. The van der Waals surface area contributed by atoms with Crippen LogP contribution in [0.2, 0.25) is 0 Å². The maximum atomic E-state index is 11.8. The van der Waals surface area contributed by atoms with E-state index >= 15 is 0 Å². The Morgan fingerprint density at radius 1 is 1.25 bits per heavy atom. The van der Waals surface area contributed by atoms with Gasteiger partial charge in [-0.2, -0.15) is 0 Å². The summed E-state index contributed by atoms with van der Waals surface area (Å²) in [5.74, 6) is 0.299. The first-order valence-corrected chi connectivity index (χ1v) is 6.12. The second kappa shape index (κ2) is 6.01. The van der Waals surface area contributed by atoms with Crippen LogP contribution in [0.5, 0.6) is 0 Å². The summed E-state index contributed by atoms with van der Waals surface area (Å²) < 4.78 is 5.03. The Balaban J connectivity index is 1.87. The van der Waals surface area contributed by atoms with Crippen LogP contribution in [-0.2, 0) is 4.79 Å². The van der Waals surface area contributed by atoms with E-state index < -0.39 is 0 Å². The second-order valence-electron chi connectivity index (χ2n) is 4.29. The third kappa shape index (κ3) is 3.44. The quantitative estimate of drug-likeness (QED) is 0.887. The minimum absolute atomic E-state index is 0.126. The van der Waals surface area contributed by atoms with Gasteiger partial charge in [0, 0.05) is 5.69 Å². The second-order valence-corrected chi connectivity index (χ2v) is 4.29. The van der Waals surface area contributed by atoms with Crippen LogP contribution in [0.15, 0.2) is 34.9 Å². The van der Waals surface area contributed by atoms with Gasteiger partial charge in [-0.15, -0.1) is 0 Å². The van der Waals surface area contributed by atoms with Crippen molar-refractivity contribution in [2.24, 2.45) is 0 Å². The number of furan rings is 1. The van der Waals surface area contributed by atoms with Crippen LogP contribution in [0.3, 0.4) is 0 Å². The van der Waals surface area contributed by atoms with Crippen LogP contribution in [0, 0.1) is 13.8 Å². The van der Waals surface area contributed by atoms with Crippen molar-refractivity contribution in [3.63, 3.8) is 0 Å². The fraction of sp³-hybridized carbons (Fsp3) is 0.214. The van der Waals surface area contributed by atoms with E-state index in [1.807, 2.05) is 13.0 Å². The number of hydrogen-bond acceptors (Lipinski definition) is 4. The smallest absolute Gasteiger partial charge is 0.255 e. The van der Waals surface area contributed by atoms with Crippen molar-refractivity contribution in [2.75, 3.05) is 11.9 Å². The minimum Gasteiger partial charge on any atom is -0.469 e. The summed E-state index contributed by atoms with van der Waals surface area (Å²) in [5, 5.41) is 5.13. The maximum Gasteiger partial charge on any atom is 0.255 e. The van der Waals surface area contributed by atoms with Gasteiger partial charge in [-0.25, -0.2) is 4.98 Å². The monoisotopic (exact) mass is 273 g/mol. The number of carbonyl (C=O) groups excluding carboxylic acids is 2. The van der Waals surface area contributed by atoms with Crippen molar-refractivity contribution in [2.45, 2.75) is 13.8 Å². The molecule has 2 N–H and O–H groups in total. The lowest BCUT2D eigenvalue weighted by atomic mass is 10.2. The largest absolute Gasteiger partial charge is 0.469 e. The molecule has 20 heavy (non-hydrogen) atoms. The molecule has 0 saturated carbocycles. The van der Waals surface area contributed by atoms with Crippen LogP contribution in [0.4, 0.5) is 5.82 Å². The number of hydrogen-bond donors (Lipinski definition) is 2. The van der Waals surface area contributed by atoms with Crippen molar-refractivity contribution >= 4 is 17.6 Å². The van der Waals surface area contributed by atoms with Crippen molar-refractivity contribution in [3.05, 3.63) is 47.5 Å². The predicted molar refractivity (Wildman–Crippen MR) is 73.4 cm³/mol. The van der Waals surface area contributed by atoms with Crippen molar-refractivity contribution in [1.82, 2.24) is 10.3 Å². The number of nitrogens with zero attached hydrogens (tertiary/aromatic N) is 1. The predicted octanol–water partition coefficient (Wildman–Crippen LogP) is 1.66. The van der Waals surface area contributed by atoms with E-state index in [1.165, 1.54) is 6.26 Å². The summed E-state index contributed by atoms with van der Waals surface area (Å²) in [6.45, 7) is 3.39. The van der Waals surface area contributed by atoms with Crippen LogP contribution in [0.1, 0.15) is 21.8 Å². The minimum atomic E-state index is -0.344. The Morgan fingerprint density at radius 2 is 2.05 bits per heavy atom. The first-order chi connectivity index (χ1) is 9.56. The van der Waals surface area contributed by atoms with Gasteiger partial charge in [0.2, 0.25) is 5.91 Å². The molecule has 0 atom stereocenters. The fourth-order valence-electron chi connectivity index (χ4n) is 1.68. The number of aryl methyl sites for hydroxylation is 2. The lowest BCUT2D eigenvalue weighted by molar-refractivity contribution is -0.115. The van der Waals surface area contributed by atoms with Gasteiger partial charge in [-0.05, 0) is 32.0 Å². The Hall–Kier alpha value is -2.63. The van der Waals surface area contributed by atoms with Crippen LogP contribution in [0.25, 0.3) is 0 Å². The molecular formula is C14H15N3O3. The number of pyridine rings is 1. The van der Waals surface area contributed by atoms with Gasteiger partial charge in [0.1, 0.15) is 11.6 Å². The highest BCUT2D eigenvalue weighted by Crippen LogP contribution is 2.08. The van der Waals surface area contributed by atoms with Crippen molar-refractivity contribution < 1.29 is 14.0 Å². The highest BCUT2D eigenvalue weighted by molar-refractivity contribution is 5.99. The van der Waals surface area contributed by atoms with Crippen LogP contribution < -0.4 is 10.6 Å². The summed E-state index contributed by atoms with van der Waals surface area (Å²) in [6.07, 6.45) is 1.43. The molecular weight excluding hydrogens is 258 g/mol. The summed E-state index contributed by atoms with van der Waals surface area (Å²) in [7, 11) is 0. The normalized spacial score (nSPS) is 10.1. The standard InChI is InChI=1S/C14H15N3O3/c1-9-4-3-5-12(16-9)17-13(18)8-15-14(19)11-6-7-20-10(11)2/h3-7H,8H2,1-2H3,(H,15,19)(H,16,17,18). The van der Waals surface area contributed by atoms with Gasteiger partial charge in [-0.3, -0.25) is 9.59 Å². The number of nitrogens with one attached hydrogen (secondary N) is 2. The summed E-state index contributed by atoms with van der Waals surface area (Å²) in [5.41, 5.74) is 1.23. The van der Waals surface area contributed by atoms with E-state index in [0.29, 0.717) is 17.1 Å². The Labute approximate surface area is 116 Å². The highest BCUT2D eigenvalue weighted by Gasteiger charge is 2.12. The summed E-state index contributed by atoms with van der Waals surface area (Å²) in [4.78, 5) is 27.6. The van der Waals surface area contributed by atoms with Crippen LogP contribution in [-0.4, -0.2) is 23.3 Å². The molecule has 0 saturated heterocycles. The van der Waals surface area contributed by atoms with Crippen LogP contribution >= 0.6 is 0 Å². The number of aromatic nitrogens is 1. The molecule has 0 aliphatic heterocycles. The number of amides is 2. The van der Waals surface area contributed by atoms with Crippen molar-refractivity contribution in [3.8, 4) is 0 Å². The molecule has 0 bridgehead atoms. The van der Waals surface area contributed by atoms with Crippen molar-refractivity contribution in [1.29, 1.82) is 0 Å². The van der Waals surface area contributed by atoms with E-state index in [1.54, 1.807) is 25.1 Å². The van der Waals surface area contributed by atoms with Gasteiger partial charge in [0.15, 0.2) is 0 Å². The highest BCUT2D eigenvalue weighted by atomic mass is 16.3. The number of rotatable bonds is 4. The Bertz CT molecular complexity index is 634. The molecule has 0 aliphatic rings. The summed E-state index contributed by atoms with van der Waals surface area (Å²) in [6, 6.07) is 6.88. The zero-order valence-electron chi connectivity index (χ0n) is 11.3. The zero-order valence-corrected chi connectivity index (χ0v) is 11.3. The number of anilines is 1. The SMILES string of the molecule is Cc1cccc(NC(=O)CNC(=O)c2ccoc2C)n1. The maximum absolute atomic E-state index is 11.8. The van der Waals surface area contributed by atoms with E-state index in [9.17, 15) is 9.59 Å². The molecule has 0 spiro atoms. The first-order valence-electron chi connectivity index (χ1n) is 6.12. The van der Waals surface area contributed by atoms with E-state index in [0.717, 1.165) is 5.69 Å². The lowest BCUT2D eigenvalue weighted by Crippen LogP contribution is -2.33. The molecule has 104 valence electrons. The Kier molecular flexibility index (Phi) is 4.14. The topological polar surface area (TPSA) is 84.2 Å². The molecule has 0 aromatic carbocycles.